The maximum atomic E-state index is 12.0. The van der Waals surface area contributed by atoms with E-state index in [0.29, 0.717) is 25.5 Å². The molecule has 4 rings (SSSR count). The van der Waals surface area contributed by atoms with Gasteiger partial charge in [-0.25, -0.2) is 4.98 Å². The molecule has 0 radical (unpaired) electrons. The van der Waals surface area contributed by atoms with Crippen LogP contribution in [0, 0.1) is 0 Å². The van der Waals surface area contributed by atoms with E-state index < -0.39 is 0 Å². The van der Waals surface area contributed by atoms with E-state index in [1.54, 1.807) is 6.08 Å². The molecule has 1 aromatic heterocycles. The summed E-state index contributed by atoms with van der Waals surface area (Å²) in [5.41, 5.74) is 2.72. The quantitative estimate of drug-likeness (QED) is 0.719. The molecule has 0 unspecified atom stereocenters. The number of carbonyl (C=O) groups excluding carboxylic acids is 1. The van der Waals surface area contributed by atoms with E-state index in [9.17, 15) is 4.79 Å². The van der Waals surface area contributed by atoms with Crippen LogP contribution >= 0.6 is 0 Å². The van der Waals surface area contributed by atoms with Crippen LogP contribution in [-0.2, 0) is 11.3 Å². The maximum absolute atomic E-state index is 12.0. The van der Waals surface area contributed by atoms with E-state index in [1.165, 1.54) is 6.08 Å². The molecular weight excluding hydrogens is 318 g/mol. The average molecular weight is 335 g/mol. The van der Waals surface area contributed by atoms with Crippen LogP contribution in [0.1, 0.15) is 11.4 Å². The third-order valence-electron chi connectivity index (χ3n) is 3.86. The number of rotatable bonds is 4. The molecule has 25 heavy (non-hydrogen) atoms. The van der Waals surface area contributed by atoms with Gasteiger partial charge < -0.3 is 19.8 Å². The Labute approximate surface area is 144 Å². The number of ether oxygens (including phenoxy) is 2. The van der Waals surface area contributed by atoms with Crippen LogP contribution in [0.15, 0.2) is 48.5 Å². The fraction of sp³-hybridized carbons (Fsp3) is 0.158. The van der Waals surface area contributed by atoms with Gasteiger partial charge in [0.2, 0.25) is 5.91 Å². The summed E-state index contributed by atoms with van der Waals surface area (Å²) in [4.78, 5) is 19.6. The van der Waals surface area contributed by atoms with E-state index in [2.05, 4.69) is 15.3 Å². The van der Waals surface area contributed by atoms with Gasteiger partial charge in [-0.05, 0) is 35.9 Å². The van der Waals surface area contributed by atoms with Crippen molar-refractivity contribution < 1.29 is 14.3 Å². The lowest BCUT2D eigenvalue weighted by Crippen LogP contribution is -2.20. The first kappa shape index (κ1) is 15.3. The molecule has 6 heteroatoms. The molecule has 2 N–H and O–H groups in total. The minimum atomic E-state index is -0.185. The Bertz CT molecular complexity index is 913. The number of imidazole rings is 1. The number of aromatic nitrogens is 2. The molecule has 1 amide bonds. The lowest BCUT2D eigenvalue weighted by Gasteiger charge is -2.18. The summed E-state index contributed by atoms with van der Waals surface area (Å²) in [5, 5.41) is 2.82. The number of aromatic amines is 1. The predicted octanol–water partition coefficient (Wildman–Crippen LogP) is 2.66. The van der Waals surface area contributed by atoms with Crippen molar-refractivity contribution in [2.24, 2.45) is 0 Å². The van der Waals surface area contributed by atoms with Gasteiger partial charge >= 0.3 is 0 Å². The third kappa shape index (κ3) is 3.47. The number of carbonyl (C=O) groups is 1. The van der Waals surface area contributed by atoms with E-state index in [0.717, 1.165) is 28.2 Å². The second-order valence-electron chi connectivity index (χ2n) is 5.65. The van der Waals surface area contributed by atoms with Crippen LogP contribution in [0.4, 0.5) is 0 Å². The molecule has 1 aliphatic heterocycles. The van der Waals surface area contributed by atoms with Gasteiger partial charge in [-0.1, -0.05) is 18.2 Å². The highest BCUT2D eigenvalue weighted by Crippen LogP contribution is 2.31. The number of nitrogens with zero attached hydrogens (tertiary/aromatic N) is 1. The SMILES string of the molecule is O=C(/C=C/c1ccc2c(c1)OCCO2)NCc1nc2ccccc2[nH]1. The highest BCUT2D eigenvalue weighted by molar-refractivity contribution is 5.91. The first-order valence-corrected chi connectivity index (χ1v) is 8.07. The molecule has 0 fully saturated rings. The number of nitrogens with one attached hydrogen (secondary N) is 2. The number of amides is 1. The predicted molar refractivity (Wildman–Crippen MR) is 94.4 cm³/mol. The molecule has 0 atom stereocenters. The Morgan fingerprint density at radius 3 is 2.88 bits per heavy atom. The molecule has 2 heterocycles. The molecule has 0 saturated heterocycles. The van der Waals surface area contributed by atoms with Gasteiger partial charge in [0.25, 0.3) is 0 Å². The van der Waals surface area contributed by atoms with Crippen LogP contribution in [-0.4, -0.2) is 29.1 Å². The molecule has 1 aliphatic rings. The Morgan fingerprint density at radius 1 is 1.16 bits per heavy atom. The summed E-state index contributed by atoms with van der Waals surface area (Å²) < 4.78 is 11.0. The fourth-order valence-electron chi connectivity index (χ4n) is 2.65. The van der Waals surface area contributed by atoms with Crippen molar-refractivity contribution in [3.8, 4) is 11.5 Å². The molecule has 0 bridgehead atoms. The van der Waals surface area contributed by atoms with Gasteiger partial charge in [0.15, 0.2) is 11.5 Å². The monoisotopic (exact) mass is 335 g/mol. The molecule has 0 aliphatic carbocycles. The molecule has 0 saturated carbocycles. The van der Waals surface area contributed by atoms with Gasteiger partial charge in [0.05, 0.1) is 17.6 Å². The van der Waals surface area contributed by atoms with E-state index >= 15 is 0 Å². The Morgan fingerprint density at radius 2 is 2.00 bits per heavy atom. The first-order valence-electron chi connectivity index (χ1n) is 8.07. The van der Waals surface area contributed by atoms with Crippen molar-refractivity contribution in [2.75, 3.05) is 13.2 Å². The first-order chi connectivity index (χ1) is 12.3. The van der Waals surface area contributed by atoms with Gasteiger partial charge in [0, 0.05) is 6.08 Å². The Hall–Kier alpha value is -3.28. The smallest absolute Gasteiger partial charge is 0.244 e. The lowest BCUT2D eigenvalue weighted by molar-refractivity contribution is -0.116. The lowest BCUT2D eigenvalue weighted by atomic mass is 10.2. The maximum Gasteiger partial charge on any atom is 0.244 e. The summed E-state index contributed by atoms with van der Waals surface area (Å²) in [6.07, 6.45) is 3.24. The van der Waals surface area contributed by atoms with Crippen molar-refractivity contribution in [3.63, 3.8) is 0 Å². The van der Waals surface area contributed by atoms with Gasteiger partial charge in [0.1, 0.15) is 19.0 Å². The molecular formula is C19H17N3O3. The summed E-state index contributed by atoms with van der Waals surface area (Å²) in [6, 6.07) is 13.4. The van der Waals surface area contributed by atoms with Gasteiger partial charge in [-0.15, -0.1) is 0 Å². The minimum Gasteiger partial charge on any atom is -0.486 e. The second-order valence-corrected chi connectivity index (χ2v) is 5.65. The molecule has 126 valence electrons. The summed E-state index contributed by atoms with van der Waals surface area (Å²) in [7, 11) is 0. The number of hydrogen-bond acceptors (Lipinski definition) is 4. The van der Waals surface area contributed by atoms with Crippen LogP contribution < -0.4 is 14.8 Å². The average Bonchev–Trinajstić information content (AvgIpc) is 3.07. The van der Waals surface area contributed by atoms with Crippen molar-refractivity contribution in [1.82, 2.24) is 15.3 Å². The Kier molecular flexibility index (Phi) is 4.08. The number of H-pyrrole nitrogens is 1. The molecule has 3 aromatic rings. The number of fused-ring (bicyclic) bond motifs is 2. The zero-order chi connectivity index (χ0) is 17.1. The van der Waals surface area contributed by atoms with Crippen molar-refractivity contribution in [3.05, 3.63) is 59.9 Å². The summed E-state index contributed by atoms with van der Waals surface area (Å²) in [6.45, 7) is 1.45. The standard InChI is InChI=1S/C19H17N3O3/c23-19(20-12-18-21-14-3-1-2-4-15(14)22-18)8-6-13-5-7-16-17(11-13)25-10-9-24-16/h1-8,11H,9-10,12H2,(H,20,23)(H,21,22)/b8-6+. The summed E-state index contributed by atoms with van der Waals surface area (Å²) >= 11 is 0. The van der Waals surface area contributed by atoms with Crippen molar-refractivity contribution in [1.29, 1.82) is 0 Å². The normalized spacial score (nSPS) is 13.3. The zero-order valence-corrected chi connectivity index (χ0v) is 13.5. The van der Waals surface area contributed by atoms with E-state index in [1.807, 2.05) is 42.5 Å². The highest BCUT2D eigenvalue weighted by atomic mass is 16.6. The largest absolute Gasteiger partial charge is 0.486 e. The van der Waals surface area contributed by atoms with Gasteiger partial charge in [-0.3, -0.25) is 4.79 Å². The van der Waals surface area contributed by atoms with Crippen LogP contribution in [0.25, 0.3) is 17.1 Å². The van der Waals surface area contributed by atoms with E-state index in [4.69, 9.17) is 9.47 Å². The van der Waals surface area contributed by atoms with E-state index in [-0.39, 0.29) is 5.91 Å². The second kappa shape index (κ2) is 6.68. The summed E-state index contributed by atoms with van der Waals surface area (Å²) in [5.74, 6) is 1.98. The fourth-order valence-corrected chi connectivity index (χ4v) is 2.65. The molecule has 2 aromatic carbocycles. The van der Waals surface area contributed by atoms with Crippen LogP contribution in [0.3, 0.4) is 0 Å². The van der Waals surface area contributed by atoms with Crippen LogP contribution in [0.5, 0.6) is 11.5 Å². The van der Waals surface area contributed by atoms with Crippen LogP contribution in [0.2, 0.25) is 0 Å². The van der Waals surface area contributed by atoms with Crippen molar-refractivity contribution in [2.45, 2.75) is 6.54 Å². The Balaban J connectivity index is 1.37. The third-order valence-corrected chi connectivity index (χ3v) is 3.86. The number of hydrogen-bond donors (Lipinski definition) is 2. The van der Waals surface area contributed by atoms with Gasteiger partial charge in [-0.2, -0.15) is 0 Å². The molecule has 6 nitrogen and oxygen atoms in total. The van der Waals surface area contributed by atoms with Crippen molar-refractivity contribution >= 4 is 23.0 Å². The number of benzene rings is 2. The zero-order valence-electron chi connectivity index (χ0n) is 13.5. The topological polar surface area (TPSA) is 76.2 Å². The highest BCUT2D eigenvalue weighted by Gasteiger charge is 2.10. The number of para-hydroxylation sites is 2. The minimum absolute atomic E-state index is 0.185. The molecule has 0 spiro atoms.